The molecule has 0 bridgehead atoms. The van der Waals surface area contributed by atoms with Crippen LogP contribution in [-0.2, 0) is 6.42 Å². The van der Waals surface area contributed by atoms with Crippen molar-refractivity contribution in [3.8, 4) is 11.1 Å². The molecular weight excluding hydrogens is 275 g/mol. The van der Waals surface area contributed by atoms with Gasteiger partial charge < -0.3 is 12.9 Å². The SMILES string of the molecule is CCc1ccc(-c2ccc([B-](F)(F)F)cc2)cc1.[K+]. The molecule has 0 amide bonds. The molecule has 0 aromatic heterocycles. The van der Waals surface area contributed by atoms with Gasteiger partial charge in [0.05, 0.1) is 0 Å². The molecule has 0 aliphatic heterocycles. The summed E-state index contributed by atoms with van der Waals surface area (Å²) in [4.78, 5) is 0. The van der Waals surface area contributed by atoms with Crippen LogP contribution in [0.2, 0.25) is 0 Å². The normalized spacial score (nSPS) is 10.9. The molecule has 2 aromatic rings. The third-order valence-electron chi connectivity index (χ3n) is 2.98. The Morgan fingerprint density at radius 1 is 0.789 bits per heavy atom. The molecule has 0 heterocycles. The maximum absolute atomic E-state index is 12.5. The van der Waals surface area contributed by atoms with Crippen LogP contribution in [0.4, 0.5) is 12.9 Å². The van der Waals surface area contributed by atoms with Crippen molar-refractivity contribution in [1.29, 1.82) is 0 Å². The van der Waals surface area contributed by atoms with E-state index >= 15 is 0 Å². The van der Waals surface area contributed by atoms with Crippen molar-refractivity contribution in [3.63, 3.8) is 0 Å². The maximum Gasteiger partial charge on any atom is 1.00 e. The molecule has 0 saturated carbocycles. The van der Waals surface area contributed by atoms with Crippen molar-refractivity contribution in [2.75, 3.05) is 0 Å². The second-order valence-corrected chi connectivity index (χ2v) is 4.25. The Morgan fingerprint density at radius 2 is 1.21 bits per heavy atom. The molecule has 0 N–H and O–H groups in total. The topological polar surface area (TPSA) is 0 Å². The fraction of sp³-hybridized carbons (Fsp3) is 0.143. The largest absolute Gasteiger partial charge is 1.00 e. The zero-order valence-corrected chi connectivity index (χ0v) is 14.2. The van der Waals surface area contributed by atoms with Gasteiger partial charge in [-0.25, -0.2) is 0 Å². The van der Waals surface area contributed by atoms with Crippen molar-refractivity contribution >= 4 is 12.4 Å². The van der Waals surface area contributed by atoms with Gasteiger partial charge in [0.15, 0.2) is 0 Å². The van der Waals surface area contributed by atoms with Crippen molar-refractivity contribution in [2.45, 2.75) is 13.3 Å². The van der Waals surface area contributed by atoms with E-state index in [1.54, 1.807) is 0 Å². The second-order valence-electron chi connectivity index (χ2n) is 4.25. The molecule has 0 nitrogen and oxygen atoms in total. The standard InChI is InChI=1S/C14H13BF3.K/c1-2-11-3-5-12(6-4-11)13-7-9-14(10-8-13)15(16,17)18;/h3-10H,2H2,1H3;/q-1;+1. The van der Waals surface area contributed by atoms with Gasteiger partial charge >= 0.3 is 58.4 Å². The van der Waals surface area contributed by atoms with Crippen molar-refractivity contribution in [2.24, 2.45) is 0 Å². The predicted octanol–water partition coefficient (Wildman–Crippen LogP) is 0.974. The van der Waals surface area contributed by atoms with E-state index in [0.717, 1.165) is 29.7 Å². The molecular formula is C14H13BF3K. The average Bonchev–Trinajstić information content (AvgIpc) is 2.38. The Hall–Kier alpha value is -0.0687. The maximum atomic E-state index is 12.5. The molecule has 0 aliphatic carbocycles. The molecule has 0 saturated heterocycles. The predicted molar refractivity (Wildman–Crippen MR) is 70.0 cm³/mol. The molecule has 0 spiro atoms. The Labute approximate surface area is 153 Å². The minimum Gasteiger partial charge on any atom is -0.445 e. The minimum absolute atomic E-state index is 0. The molecule has 94 valence electrons. The van der Waals surface area contributed by atoms with Crippen LogP contribution in [0.1, 0.15) is 12.5 Å². The summed E-state index contributed by atoms with van der Waals surface area (Å²) in [5.74, 6) is 0. The van der Waals surface area contributed by atoms with Crippen LogP contribution in [-0.4, -0.2) is 6.98 Å². The van der Waals surface area contributed by atoms with Gasteiger partial charge in [-0.15, -0.1) is 5.46 Å². The van der Waals surface area contributed by atoms with E-state index in [1.807, 2.05) is 24.3 Å². The third kappa shape index (κ3) is 4.46. The van der Waals surface area contributed by atoms with Crippen LogP contribution in [0.5, 0.6) is 0 Å². The van der Waals surface area contributed by atoms with Crippen LogP contribution >= 0.6 is 0 Å². The summed E-state index contributed by atoms with van der Waals surface area (Å²) in [6.07, 6.45) is 0.954. The van der Waals surface area contributed by atoms with Crippen LogP contribution in [0, 0.1) is 0 Å². The molecule has 2 rings (SSSR count). The first-order valence-electron chi connectivity index (χ1n) is 5.90. The number of aryl methyl sites for hydroxylation is 1. The fourth-order valence-corrected chi connectivity index (χ4v) is 1.83. The molecule has 2 aromatic carbocycles. The van der Waals surface area contributed by atoms with E-state index in [0.29, 0.717) is 0 Å². The average molecular weight is 288 g/mol. The zero-order valence-electron chi connectivity index (χ0n) is 11.0. The van der Waals surface area contributed by atoms with Gasteiger partial charge in [-0.1, -0.05) is 55.5 Å². The summed E-state index contributed by atoms with van der Waals surface area (Å²) in [5, 5.41) is 0. The second kappa shape index (κ2) is 7.09. The van der Waals surface area contributed by atoms with Crippen molar-refractivity contribution in [3.05, 3.63) is 54.1 Å². The van der Waals surface area contributed by atoms with Crippen molar-refractivity contribution < 1.29 is 64.3 Å². The summed E-state index contributed by atoms with van der Waals surface area (Å²) in [6, 6.07) is 13.2. The van der Waals surface area contributed by atoms with Gasteiger partial charge in [-0.2, -0.15) is 0 Å². The van der Waals surface area contributed by atoms with Gasteiger partial charge in [0.25, 0.3) is 0 Å². The molecule has 0 radical (unpaired) electrons. The Balaban J connectivity index is 0.00000180. The Morgan fingerprint density at radius 3 is 1.58 bits per heavy atom. The van der Waals surface area contributed by atoms with E-state index < -0.39 is 12.4 Å². The first-order chi connectivity index (χ1) is 8.50. The quantitative estimate of drug-likeness (QED) is 0.739. The van der Waals surface area contributed by atoms with Crippen LogP contribution in [0.15, 0.2) is 48.5 Å². The van der Waals surface area contributed by atoms with Gasteiger partial charge in [0.1, 0.15) is 0 Å². The molecule has 19 heavy (non-hydrogen) atoms. The third-order valence-corrected chi connectivity index (χ3v) is 2.98. The summed E-state index contributed by atoms with van der Waals surface area (Å²) in [6.45, 7) is -2.84. The van der Waals surface area contributed by atoms with Crippen LogP contribution in [0.3, 0.4) is 0 Å². The first kappa shape index (κ1) is 17.0. The van der Waals surface area contributed by atoms with Gasteiger partial charge in [0, 0.05) is 0 Å². The monoisotopic (exact) mass is 288 g/mol. The fourth-order valence-electron chi connectivity index (χ4n) is 1.83. The Kier molecular flexibility index (Phi) is 6.34. The van der Waals surface area contributed by atoms with Crippen LogP contribution < -0.4 is 56.8 Å². The number of hydrogen-bond acceptors (Lipinski definition) is 0. The van der Waals surface area contributed by atoms with E-state index in [4.69, 9.17) is 0 Å². The summed E-state index contributed by atoms with van der Waals surface area (Å²) >= 11 is 0. The number of rotatable bonds is 3. The molecule has 5 heteroatoms. The van der Waals surface area contributed by atoms with Gasteiger partial charge in [0.2, 0.25) is 0 Å². The first-order valence-corrected chi connectivity index (χ1v) is 5.90. The van der Waals surface area contributed by atoms with E-state index in [9.17, 15) is 12.9 Å². The van der Waals surface area contributed by atoms with E-state index in [1.165, 1.54) is 17.7 Å². The van der Waals surface area contributed by atoms with Crippen LogP contribution in [0.25, 0.3) is 11.1 Å². The summed E-state index contributed by atoms with van der Waals surface area (Å²) in [5.41, 5.74) is 2.41. The van der Waals surface area contributed by atoms with Gasteiger partial charge in [-0.3, -0.25) is 0 Å². The molecule has 0 atom stereocenters. The van der Waals surface area contributed by atoms with E-state index in [2.05, 4.69) is 6.92 Å². The van der Waals surface area contributed by atoms with Gasteiger partial charge in [-0.05, 0) is 23.1 Å². The zero-order chi connectivity index (χ0) is 13.2. The molecule has 0 aliphatic rings. The number of halogens is 3. The number of hydrogen-bond donors (Lipinski definition) is 0. The molecule has 0 fully saturated rings. The minimum atomic E-state index is -4.90. The molecule has 0 unspecified atom stereocenters. The summed E-state index contributed by atoms with van der Waals surface area (Å²) in [7, 11) is 0. The Bertz CT molecular complexity index is 518. The van der Waals surface area contributed by atoms with E-state index in [-0.39, 0.29) is 51.4 Å². The number of benzene rings is 2. The summed E-state index contributed by atoms with van der Waals surface area (Å²) < 4.78 is 37.4. The smallest absolute Gasteiger partial charge is 0.445 e. The van der Waals surface area contributed by atoms with Crippen molar-refractivity contribution in [1.82, 2.24) is 0 Å².